The molecule has 1 aromatic rings. The van der Waals surface area contributed by atoms with Crippen molar-refractivity contribution in [2.45, 2.75) is 50.3 Å². The Labute approximate surface area is 131 Å². The summed E-state index contributed by atoms with van der Waals surface area (Å²) in [6, 6.07) is 10.1. The molecule has 22 heavy (non-hydrogen) atoms. The molecule has 0 aromatic heterocycles. The second-order valence-corrected chi connectivity index (χ2v) is 6.39. The van der Waals surface area contributed by atoms with Crippen molar-refractivity contribution in [3.63, 3.8) is 0 Å². The van der Waals surface area contributed by atoms with Gasteiger partial charge >= 0.3 is 0 Å². The fourth-order valence-corrected chi connectivity index (χ4v) is 3.64. The second-order valence-electron chi connectivity index (χ2n) is 6.39. The van der Waals surface area contributed by atoms with Crippen molar-refractivity contribution >= 4 is 0 Å². The number of hydrogen-bond acceptors (Lipinski definition) is 4. The van der Waals surface area contributed by atoms with Crippen molar-refractivity contribution in [3.05, 3.63) is 48.0 Å². The van der Waals surface area contributed by atoms with Crippen LogP contribution < -0.4 is 0 Å². The summed E-state index contributed by atoms with van der Waals surface area (Å²) in [6.45, 7) is 0. The van der Waals surface area contributed by atoms with Gasteiger partial charge in [-0.05, 0) is 24.3 Å². The van der Waals surface area contributed by atoms with Gasteiger partial charge in [-0.2, -0.15) is 0 Å². The third kappa shape index (κ3) is 3.58. The monoisotopic (exact) mass is 304 g/mol. The summed E-state index contributed by atoms with van der Waals surface area (Å²) in [5.41, 5.74) is 1.21. The van der Waals surface area contributed by atoms with Crippen molar-refractivity contribution in [3.8, 4) is 0 Å². The van der Waals surface area contributed by atoms with Crippen molar-refractivity contribution in [2.24, 2.45) is 11.8 Å². The molecular weight excluding hydrogens is 280 g/mol. The fourth-order valence-electron chi connectivity index (χ4n) is 3.64. The summed E-state index contributed by atoms with van der Waals surface area (Å²) in [7, 11) is 0. The van der Waals surface area contributed by atoms with Gasteiger partial charge in [-0.15, -0.1) is 0 Å². The van der Waals surface area contributed by atoms with E-state index in [4.69, 9.17) is 4.74 Å². The average Bonchev–Trinajstić information content (AvgIpc) is 2.99. The van der Waals surface area contributed by atoms with Crippen LogP contribution in [0.3, 0.4) is 0 Å². The molecule has 4 heteroatoms. The maximum Gasteiger partial charge on any atom is 0.155 e. The molecule has 1 aromatic carbocycles. The first kappa shape index (κ1) is 15.7. The molecule has 1 heterocycles. The number of rotatable bonds is 5. The first-order valence-electron chi connectivity index (χ1n) is 8.05. The molecule has 4 nitrogen and oxygen atoms in total. The Kier molecular flexibility index (Phi) is 4.93. The van der Waals surface area contributed by atoms with E-state index in [0.29, 0.717) is 19.3 Å². The van der Waals surface area contributed by atoms with Crippen LogP contribution in [0.25, 0.3) is 0 Å². The molecule has 6 atom stereocenters. The Bertz CT molecular complexity index is 501. The summed E-state index contributed by atoms with van der Waals surface area (Å²) in [5.74, 6) is 0.121. The Morgan fingerprint density at radius 1 is 1.18 bits per heavy atom. The molecule has 0 bridgehead atoms. The molecule has 0 amide bonds. The van der Waals surface area contributed by atoms with Gasteiger partial charge in [0.15, 0.2) is 6.29 Å². The lowest BCUT2D eigenvalue weighted by Crippen LogP contribution is -2.19. The SMILES string of the molecule is O[C@H](/C=C/[C@H]1[C@H](O)CC2O[C@H](O)C[C@@H]21)CCc1ccccc1. The molecule has 2 fully saturated rings. The number of fused-ring (bicyclic) bond motifs is 1. The number of ether oxygens (including phenoxy) is 1. The molecule has 1 saturated heterocycles. The molecule has 1 aliphatic carbocycles. The standard InChI is InChI=1S/C18H24O4/c19-13(7-6-12-4-2-1-3-5-12)8-9-14-15-10-18(21)22-17(15)11-16(14)20/h1-5,8-9,13-21H,6-7,10-11H2/b9-8+/t13-,14+,15+,16+,17?,18-/m0/s1. The van der Waals surface area contributed by atoms with E-state index in [1.54, 1.807) is 6.08 Å². The Balaban J connectivity index is 1.52. The van der Waals surface area contributed by atoms with Crippen molar-refractivity contribution < 1.29 is 20.1 Å². The van der Waals surface area contributed by atoms with Gasteiger partial charge in [0, 0.05) is 18.8 Å². The summed E-state index contributed by atoms with van der Waals surface area (Å²) in [4.78, 5) is 0. The maximum absolute atomic E-state index is 10.1. The third-order valence-corrected chi connectivity index (χ3v) is 4.82. The van der Waals surface area contributed by atoms with E-state index in [9.17, 15) is 15.3 Å². The molecule has 3 rings (SSSR count). The molecule has 3 N–H and O–H groups in total. The number of benzene rings is 1. The molecule has 1 aliphatic heterocycles. The van der Waals surface area contributed by atoms with Crippen LogP contribution in [-0.2, 0) is 11.2 Å². The average molecular weight is 304 g/mol. The zero-order valence-corrected chi connectivity index (χ0v) is 12.6. The zero-order valence-electron chi connectivity index (χ0n) is 12.6. The summed E-state index contributed by atoms with van der Waals surface area (Å²) >= 11 is 0. The quantitative estimate of drug-likeness (QED) is 0.723. The van der Waals surface area contributed by atoms with E-state index in [1.807, 2.05) is 24.3 Å². The number of hydrogen-bond donors (Lipinski definition) is 3. The lowest BCUT2D eigenvalue weighted by molar-refractivity contribution is -0.0949. The van der Waals surface area contributed by atoms with Crippen LogP contribution in [0, 0.1) is 11.8 Å². The zero-order chi connectivity index (χ0) is 15.5. The Hall–Kier alpha value is -1.20. The predicted molar refractivity (Wildman–Crippen MR) is 83.0 cm³/mol. The summed E-state index contributed by atoms with van der Waals surface area (Å²) in [6.07, 6.45) is 4.59. The Morgan fingerprint density at radius 3 is 2.73 bits per heavy atom. The fraction of sp³-hybridized carbons (Fsp3) is 0.556. The van der Waals surface area contributed by atoms with Crippen molar-refractivity contribution in [2.75, 3.05) is 0 Å². The number of aliphatic hydroxyl groups excluding tert-OH is 3. The second kappa shape index (κ2) is 6.92. The van der Waals surface area contributed by atoms with E-state index in [2.05, 4.69) is 12.1 Å². The largest absolute Gasteiger partial charge is 0.392 e. The van der Waals surface area contributed by atoms with Crippen LogP contribution in [0.15, 0.2) is 42.5 Å². The van der Waals surface area contributed by atoms with Gasteiger partial charge in [0.25, 0.3) is 0 Å². The van der Waals surface area contributed by atoms with Crippen LogP contribution >= 0.6 is 0 Å². The normalized spacial score (nSPS) is 35.9. The molecule has 0 radical (unpaired) electrons. The van der Waals surface area contributed by atoms with E-state index in [0.717, 1.165) is 6.42 Å². The van der Waals surface area contributed by atoms with Gasteiger partial charge in [-0.3, -0.25) is 0 Å². The van der Waals surface area contributed by atoms with Gasteiger partial charge in [0.1, 0.15) is 0 Å². The number of aryl methyl sites for hydroxylation is 1. The lowest BCUT2D eigenvalue weighted by Gasteiger charge is -2.16. The minimum absolute atomic E-state index is 0.0338. The highest BCUT2D eigenvalue weighted by atomic mass is 16.6. The highest BCUT2D eigenvalue weighted by Crippen LogP contribution is 2.43. The molecule has 1 saturated carbocycles. The molecule has 2 aliphatic rings. The van der Waals surface area contributed by atoms with Gasteiger partial charge in [-0.25, -0.2) is 0 Å². The first-order valence-corrected chi connectivity index (χ1v) is 8.05. The van der Waals surface area contributed by atoms with Crippen molar-refractivity contribution in [1.29, 1.82) is 0 Å². The predicted octanol–water partition coefficient (Wildman–Crippen LogP) is 1.64. The van der Waals surface area contributed by atoms with Crippen LogP contribution in [0.2, 0.25) is 0 Å². The van der Waals surface area contributed by atoms with E-state index in [-0.39, 0.29) is 17.9 Å². The van der Waals surface area contributed by atoms with Gasteiger partial charge < -0.3 is 20.1 Å². The molecular formula is C18H24O4. The first-order chi connectivity index (χ1) is 10.6. The topological polar surface area (TPSA) is 69.9 Å². The highest BCUT2D eigenvalue weighted by Gasteiger charge is 2.47. The minimum Gasteiger partial charge on any atom is -0.392 e. The lowest BCUT2D eigenvalue weighted by atomic mass is 9.91. The summed E-state index contributed by atoms with van der Waals surface area (Å²) < 4.78 is 5.40. The highest BCUT2D eigenvalue weighted by molar-refractivity contribution is 5.15. The van der Waals surface area contributed by atoms with Gasteiger partial charge in [0.05, 0.1) is 18.3 Å². The van der Waals surface area contributed by atoms with E-state index in [1.165, 1.54) is 5.56 Å². The van der Waals surface area contributed by atoms with E-state index >= 15 is 0 Å². The van der Waals surface area contributed by atoms with E-state index < -0.39 is 18.5 Å². The summed E-state index contributed by atoms with van der Waals surface area (Å²) in [5, 5.41) is 29.8. The van der Waals surface area contributed by atoms with Gasteiger partial charge in [0.2, 0.25) is 0 Å². The molecule has 1 unspecified atom stereocenters. The maximum atomic E-state index is 10.1. The smallest absolute Gasteiger partial charge is 0.155 e. The Morgan fingerprint density at radius 2 is 1.95 bits per heavy atom. The van der Waals surface area contributed by atoms with Crippen LogP contribution in [0.1, 0.15) is 24.8 Å². The minimum atomic E-state index is -0.707. The van der Waals surface area contributed by atoms with Gasteiger partial charge in [-0.1, -0.05) is 42.5 Å². The van der Waals surface area contributed by atoms with Crippen LogP contribution in [0.5, 0.6) is 0 Å². The van der Waals surface area contributed by atoms with Crippen LogP contribution in [0.4, 0.5) is 0 Å². The number of aliphatic hydroxyl groups is 3. The van der Waals surface area contributed by atoms with Crippen LogP contribution in [-0.4, -0.2) is 39.9 Å². The third-order valence-electron chi connectivity index (χ3n) is 4.82. The molecule has 120 valence electrons. The molecule has 0 spiro atoms. The van der Waals surface area contributed by atoms with Crippen molar-refractivity contribution in [1.82, 2.24) is 0 Å².